The molecule has 0 aliphatic carbocycles. The zero-order chi connectivity index (χ0) is 23.5. The fraction of sp³-hybridized carbons (Fsp3) is 0.318. The van der Waals surface area contributed by atoms with Gasteiger partial charge in [0.15, 0.2) is 5.82 Å². The van der Waals surface area contributed by atoms with Crippen LogP contribution < -0.4 is 15.5 Å². The highest BCUT2D eigenvalue weighted by molar-refractivity contribution is 5.93. The van der Waals surface area contributed by atoms with Crippen molar-refractivity contribution in [2.45, 2.75) is 25.0 Å². The SMILES string of the molecule is O=C(NC[C@H](O)CO)c1cc(Nc2nc(N3CCCC3c3ccccn3)nc3cccn23)n[nH]1. The summed E-state index contributed by atoms with van der Waals surface area (Å²) in [7, 11) is 0. The first kappa shape index (κ1) is 21.8. The van der Waals surface area contributed by atoms with Crippen molar-refractivity contribution >= 4 is 29.3 Å². The molecule has 12 nitrogen and oxygen atoms in total. The minimum absolute atomic E-state index is 0.0658. The number of aromatic amines is 1. The number of pyridine rings is 1. The van der Waals surface area contributed by atoms with Crippen LogP contribution in [0.4, 0.5) is 17.7 Å². The predicted octanol–water partition coefficient (Wildman–Crippen LogP) is 1.02. The van der Waals surface area contributed by atoms with Gasteiger partial charge in [-0.15, -0.1) is 0 Å². The topological polar surface area (TPSA) is 157 Å². The van der Waals surface area contributed by atoms with E-state index in [9.17, 15) is 9.90 Å². The van der Waals surface area contributed by atoms with Gasteiger partial charge in [-0.1, -0.05) is 6.07 Å². The highest BCUT2D eigenvalue weighted by Gasteiger charge is 2.29. The molecular formula is C22H25N9O3. The lowest BCUT2D eigenvalue weighted by molar-refractivity contribution is 0.0798. The molecule has 0 aromatic carbocycles. The molecule has 0 radical (unpaired) electrons. The van der Waals surface area contributed by atoms with Gasteiger partial charge in [0.05, 0.1) is 24.4 Å². The minimum atomic E-state index is -1.02. The lowest BCUT2D eigenvalue weighted by Crippen LogP contribution is -2.34. The number of aromatic nitrogens is 6. The number of nitrogens with one attached hydrogen (secondary N) is 3. The molecule has 1 fully saturated rings. The Hall–Kier alpha value is -4.03. The molecule has 1 aliphatic rings. The number of rotatable bonds is 8. The number of amides is 1. The lowest BCUT2D eigenvalue weighted by atomic mass is 10.1. The highest BCUT2D eigenvalue weighted by atomic mass is 16.3. The van der Waals surface area contributed by atoms with Crippen LogP contribution in [-0.2, 0) is 0 Å². The molecule has 1 unspecified atom stereocenters. The molecule has 34 heavy (non-hydrogen) atoms. The van der Waals surface area contributed by atoms with E-state index in [-0.39, 0.29) is 18.3 Å². The maximum absolute atomic E-state index is 12.3. The van der Waals surface area contributed by atoms with E-state index >= 15 is 0 Å². The van der Waals surface area contributed by atoms with Gasteiger partial charge in [-0.05, 0) is 37.1 Å². The van der Waals surface area contributed by atoms with Gasteiger partial charge in [-0.3, -0.25) is 19.3 Å². The summed E-state index contributed by atoms with van der Waals surface area (Å²) in [5, 5.41) is 30.8. The second-order valence-corrected chi connectivity index (χ2v) is 8.03. The molecule has 0 bridgehead atoms. The molecule has 1 saturated heterocycles. The Morgan fingerprint density at radius 2 is 2.18 bits per heavy atom. The smallest absolute Gasteiger partial charge is 0.269 e. The second kappa shape index (κ2) is 9.45. The number of hydrogen-bond donors (Lipinski definition) is 5. The van der Waals surface area contributed by atoms with E-state index in [0.29, 0.717) is 17.7 Å². The standard InChI is InChI=1S/C22H25N9O3/c32-13-14(33)12-24-20(34)16-11-18(29-28-16)25-21-27-22(26-19-7-4-10-31(19)21)30-9-3-6-17(30)15-5-1-2-8-23-15/h1-2,4-5,7-8,10-11,14,17,32-33H,3,6,9,12-13H2,(H,24,34)(H2,25,26,27,28,29)/t14-,17?/m0/s1. The summed E-state index contributed by atoms with van der Waals surface area (Å²) >= 11 is 0. The Morgan fingerprint density at radius 3 is 3.00 bits per heavy atom. The van der Waals surface area contributed by atoms with Crippen molar-refractivity contribution in [3.63, 3.8) is 0 Å². The molecule has 176 valence electrons. The number of aliphatic hydroxyl groups excluding tert-OH is 2. The van der Waals surface area contributed by atoms with Gasteiger partial charge in [0.25, 0.3) is 5.91 Å². The maximum atomic E-state index is 12.3. The van der Waals surface area contributed by atoms with E-state index in [1.54, 1.807) is 16.7 Å². The molecular weight excluding hydrogens is 438 g/mol. The van der Waals surface area contributed by atoms with Crippen LogP contribution in [0.2, 0.25) is 0 Å². The van der Waals surface area contributed by atoms with Gasteiger partial charge in [-0.2, -0.15) is 15.1 Å². The van der Waals surface area contributed by atoms with Gasteiger partial charge in [-0.25, -0.2) is 0 Å². The molecule has 1 amide bonds. The number of nitrogens with zero attached hydrogens (tertiary/aromatic N) is 6. The van der Waals surface area contributed by atoms with E-state index in [0.717, 1.165) is 30.7 Å². The van der Waals surface area contributed by atoms with Crippen molar-refractivity contribution in [2.24, 2.45) is 0 Å². The van der Waals surface area contributed by atoms with E-state index in [1.165, 1.54) is 0 Å². The van der Waals surface area contributed by atoms with Gasteiger partial charge in [0.2, 0.25) is 11.9 Å². The fourth-order valence-corrected chi connectivity index (χ4v) is 4.01. The summed E-state index contributed by atoms with van der Waals surface area (Å²) in [6, 6.07) is 11.3. The van der Waals surface area contributed by atoms with Crippen molar-refractivity contribution in [1.82, 2.24) is 34.9 Å². The molecule has 12 heteroatoms. The molecule has 5 rings (SSSR count). The summed E-state index contributed by atoms with van der Waals surface area (Å²) in [6.07, 6.45) is 4.61. The zero-order valence-corrected chi connectivity index (χ0v) is 18.3. The number of carbonyl (C=O) groups excluding carboxylic acids is 1. The fourth-order valence-electron chi connectivity index (χ4n) is 4.01. The molecule has 0 saturated carbocycles. The van der Waals surface area contributed by atoms with Gasteiger partial charge in [0, 0.05) is 31.5 Å². The molecule has 2 atom stereocenters. The van der Waals surface area contributed by atoms with Gasteiger partial charge in [0.1, 0.15) is 11.3 Å². The van der Waals surface area contributed by atoms with E-state index in [4.69, 9.17) is 15.1 Å². The number of fused-ring (bicyclic) bond motifs is 1. The van der Waals surface area contributed by atoms with Crippen LogP contribution in [0.15, 0.2) is 48.8 Å². The van der Waals surface area contributed by atoms with E-state index < -0.39 is 18.6 Å². The third-order valence-electron chi connectivity index (χ3n) is 5.69. The summed E-state index contributed by atoms with van der Waals surface area (Å²) in [4.78, 5) is 28.5. The monoisotopic (exact) mass is 463 g/mol. The first-order chi connectivity index (χ1) is 16.6. The van der Waals surface area contributed by atoms with Crippen molar-refractivity contribution < 1.29 is 15.0 Å². The summed E-state index contributed by atoms with van der Waals surface area (Å²) in [5.41, 5.74) is 1.92. The quantitative estimate of drug-likeness (QED) is 0.257. The molecule has 5 heterocycles. The Morgan fingerprint density at radius 1 is 1.26 bits per heavy atom. The van der Waals surface area contributed by atoms with Crippen LogP contribution in [-0.4, -0.2) is 71.5 Å². The summed E-state index contributed by atoms with van der Waals surface area (Å²) in [5.74, 6) is 1.05. The summed E-state index contributed by atoms with van der Waals surface area (Å²) in [6.45, 7) is 0.324. The molecule has 4 aromatic heterocycles. The van der Waals surface area contributed by atoms with Crippen molar-refractivity contribution in [3.8, 4) is 0 Å². The van der Waals surface area contributed by atoms with Gasteiger partial charge < -0.3 is 25.7 Å². The van der Waals surface area contributed by atoms with E-state index in [1.807, 2.05) is 36.5 Å². The average molecular weight is 464 g/mol. The molecule has 4 aromatic rings. The Labute approximate surface area is 194 Å². The molecule has 5 N–H and O–H groups in total. The van der Waals surface area contributed by atoms with Crippen LogP contribution in [0.1, 0.15) is 35.1 Å². The third kappa shape index (κ3) is 4.40. The zero-order valence-electron chi connectivity index (χ0n) is 18.3. The van der Waals surface area contributed by atoms with Crippen molar-refractivity contribution in [3.05, 3.63) is 60.2 Å². The molecule has 0 spiro atoms. The van der Waals surface area contributed by atoms with Crippen molar-refractivity contribution in [2.75, 3.05) is 29.9 Å². The van der Waals surface area contributed by atoms with Crippen LogP contribution in [0.5, 0.6) is 0 Å². The number of anilines is 3. The second-order valence-electron chi connectivity index (χ2n) is 8.03. The van der Waals surface area contributed by atoms with Crippen LogP contribution >= 0.6 is 0 Å². The number of H-pyrrole nitrogens is 1. The Balaban J connectivity index is 1.39. The first-order valence-electron chi connectivity index (χ1n) is 11.0. The largest absolute Gasteiger partial charge is 0.394 e. The van der Waals surface area contributed by atoms with Gasteiger partial charge >= 0.3 is 0 Å². The molecule has 1 aliphatic heterocycles. The average Bonchev–Trinajstić information content (AvgIpc) is 3.63. The maximum Gasteiger partial charge on any atom is 0.269 e. The normalized spacial score (nSPS) is 16.6. The highest BCUT2D eigenvalue weighted by Crippen LogP contribution is 2.34. The van der Waals surface area contributed by atoms with Crippen LogP contribution in [0.3, 0.4) is 0 Å². The van der Waals surface area contributed by atoms with E-state index in [2.05, 4.69) is 30.7 Å². The van der Waals surface area contributed by atoms with Crippen LogP contribution in [0.25, 0.3) is 5.65 Å². The Bertz CT molecular complexity index is 1270. The lowest BCUT2D eigenvalue weighted by Gasteiger charge is -2.24. The minimum Gasteiger partial charge on any atom is -0.394 e. The summed E-state index contributed by atoms with van der Waals surface area (Å²) < 4.78 is 1.81. The Kier molecular flexibility index (Phi) is 6.06. The van der Waals surface area contributed by atoms with Crippen molar-refractivity contribution in [1.29, 1.82) is 0 Å². The predicted molar refractivity (Wildman–Crippen MR) is 124 cm³/mol. The number of hydrogen-bond acceptors (Lipinski definition) is 9. The number of carbonyl (C=O) groups is 1. The number of aliphatic hydroxyl groups is 2. The third-order valence-corrected chi connectivity index (χ3v) is 5.69. The first-order valence-corrected chi connectivity index (χ1v) is 11.0. The van der Waals surface area contributed by atoms with Crippen LogP contribution in [0, 0.1) is 0 Å².